The molecular formula is C25H21BrN4O3S. The summed E-state index contributed by atoms with van der Waals surface area (Å²) in [6.45, 7) is 0.159. The third-order valence-electron chi connectivity index (χ3n) is 4.95. The summed E-state index contributed by atoms with van der Waals surface area (Å²) in [4.78, 5) is 25.3. The maximum atomic E-state index is 12.7. The minimum atomic E-state index is -0.252. The number of amides is 1. The minimum Gasteiger partial charge on any atom is -0.497 e. The maximum absolute atomic E-state index is 12.7. The monoisotopic (exact) mass is 536 g/mol. The van der Waals surface area contributed by atoms with Crippen molar-refractivity contribution in [1.29, 1.82) is 0 Å². The van der Waals surface area contributed by atoms with Gasteiger partial charge in [0.1, 0.15) is 5.75 Å². The lowest BCUT2D eigenvalue weighted by atomic mass is 10.2. The molecule has 9 heteroatoms. The van der Waals surface area contributed by atoms with Gasteiger partial charge in [-0.2, -0.15) is 0 Å². The number of carbonyl (C=O) groups is 2. The van der Waals surface area contributed by atoms with Gasteiger partial charge in [-0.3, -0.25) is 14.2 Å². The van der Waals surface area contributed by atoms with Crippen molar-refractivity contribution in [2.45, 2.75) is 11.7 Å². The highest BCUT2D eigenvalue weighted by molar-refractivity contribution is 9.10. The Morgan fingerprint density at radius 2 is 1.71 bits per heavy atom. The Morgan fingerprint density at radius 1 is 0.971 bits per heavy atom. The van der Waals surface area contributed by atoms with Gasteiger partial charge in [-0.05, 0) is 42.5 Å². The number of nitrogens with one attached hydrogen (secondary N) is 1. The SMILES string of the molecule is COc1cccc(C(=O)NCc2nnc(SCC(=O)c3ccccc3)n2-c2ccc(Br)cc2)c1. The standard InChI is InChI=1S/C25H21BrN4O3S/c1-33-21-9-5-8-18(14-21)24(32)27-15-23-28-29-25(30(23)20-12-10-19(26)11-13-20)34-16-22(31)17-6-3-2-4-7-17/h2-14H,15-16H2,1H3,(H,27,32). The molecule has 1 amide bonds. The van der Waals surface area contributed by atoms with Crippen LogP contribution in [0, 0.1) is 0 Å². The molecule has 3 aromatic carbocycles. The highest BCUT2D eigenvalue weighted by atomic mass is 79.9. The number of halogens is 1. The van der Waals surface area contributed by atoms with Crippen molar-refractivity contribution in [2.24, 2.45) is 0 Å². The zero-order valence-electron chi connectivity index (χ0n) is 18.3. The number of Topliss-reactive ketones (excluding diaryl/α,β-unsaturated/α-hetero) is 1. The van der Waals surface area contributed by atoms with Gasteiger partial charge in [-0.1, -0.05) is 64.1 Å². The van der Waals surface area contributed by atoms with Gasteiger partial charge in [-0.25, -0.2) is 0 Å². The van der Waals surface area contributed by atoms with Crippen molar-refractivity contribution >= 4 is 39.4 Å². The summed E-state index contributed by atoms with van der Waals surface area (Å²) in [5.41, 5.74) is 1.96. The zero-order valence-corrected chi connectivity index (χ0v) is 20.7. The Hall–Kier alpha value is -3.43. The van der Waals surface area contributed by atoms with E-state index in [2.05, 4.69) is 31.4 Å². The molecule has 1 aromatic heterocycles. The quantitative estimate of drug-likeness (QED) is 0.241. The Balaban J connectivity index is 1.54. The molecule has 7 nitrogen and oxygen atoms in total. The van der Waals surface area contributed by atoms with E-state index in [-0.39, 0.29) is 24.0 Å². The lowest BCUT2D eigenvalue weighted by Gasteiger charge is -2.11. The average molecular weight is 537 g/mol. The fraction of sp³-hybridized carbons (Fsp3) is 0.120. The number of ketones is 1. The first kappa shape index (κ1) is 23.7. The number of benzene rings is 3. The largest absolute Gasteiger partial charge is 0.497 e. The molecule has 0 unspecified atom stereocenters. The van der Waals surface area contributed by atoms with Crippen LogP contribution in [0.2, 0.25) is 0 Å². The molecule has 0 radical (unpaired) electrons. The van der Waals surface area contributed by atoms with Gasteiger partial charge in [0.15, 0.2) is 16.8 Å². The number of nitrogens with zero attached hydrogens (tertiary/aromatic N) is 3. The van der Waals surface area contributed by atoms with Gasteiger partial charge in [0.05, 0.1) is 19.4 Å². The normalized spacial score (nSPS) is 10.6. The Labute approximate surface area is 209 Å². The Morgan fingerprint density at radius 3 is 2.44 bits per heavy atom. The molecule has 0 aliphatic heterocycles. The predicted octanol–water partition coefficient (Wildman–Crippen LogP) is 4.94. The van der Waals surface area contributed by atoms with E-state index < -0.39 is 0 Å². The van der Waals surface area contributed by atoms with Gasteiger partial charge < -0.3 is 10.1 Å². The number of carbonyl (C=O) groups excluding carboxylic acids is 2. The van der Waals surface area contributed by atoms with Crippen molar-refractivity contribution in [1.82, 2.24) is 20.1 Å². The van der Waals surface area contributed by atoms with Gasteiger partial charge in [0, 0.05) is 21.3 Å². The first-order chi connectivity index (χ1) is 16.5. The van der Waals surface area contributed by atoms with Crippen LogP contribution in [0.15, 0.2) is 88.5 Å². The molecule has 0 aliphatic rings. The number of rotatable bonds is 9. The molecule has 0 aliphatic carbocycles. The number of methoxy groups -OCH3 is 1. The number of hydrogen-bond acceptors (Lipinski definition) is 6. The molecule has 1 heterocycles. The van der Waals surface area contributed by atoms with Gasteiger partial charge in [0.25, 0.3) is 5.91 Å². The maximum Gasteiger partial charge on any atom is 0.251 e. The topological polar surface area (TPSA) is 86.1 Å². The highest BCUT2D eigenvalue weighted by Gasteiger charge is 2.17. The van der Waals surface area contributed by atoms with Gasteiger partial charge >= 0.3 is 0 Å². The lowest BCUT2D eigenvalue weighted by Crippen LogP contribution is -2.24. The predicted molar refractivity (Wildman–Crippen MR) is 135 cm³/mol. The molecule has 0 saturated carbocycles. The van der Waals surface area contributed by atoms with Crippen molar-refractivity contribution in [2.75, 3.05) is 12.9 Å². The number of hydrogen-bond donors (Lipinski definition) is 1. The van der Waals surface area contributed by atoms with Gasteiger partial charge in [-0.15, -0.1) is 10.2 Å². The van der Waals surface area contributed by atoms with Crippen LogP contribution in [0.3, 0.4) is 0 Å². The average Bonchev–Trinajstić information content (AvgIpc) is 3.29. The molecule has 0 saturated heterocycles. The number of aromatic nitrogens is 3. The van der Waals surface area contributed by atoms with E-state index in [1.165, 1.54) is 11.8 Å². The summed E-state index contributed by atoms with van der Waals surface area (Å²) in [5.74, 6) is 1.12. The summed E-state index contributed by atoms with van der Waals surface area (Å²) >= 11 is 4.76. The van der Waals surface area contributed by atoms with Crippen molar-refractivity contribution < 1.29 is 14.3 Å². The third kappa shape index (κ3) is 5.73. The Kier molecular flexibility index (Phi) is 7.76. The van der Waals surface area contributed by atoms with Crippen LogP contribution in [-0.4, -0.2) is 39.3 Å². The fourth-order valence-corrected chi connectivity index (χ4v) is 4.35. The fourth-order valence-electron chi connectivity index (χ4n) is 3.22. The molecule has 4 rings (SSSR count). The van der Waals surface area contributed by atoms with E-state index in [0.717, 1.165) is 10.2 Å². The van der Waals surface area contributed by atoms with E-state index >= 15 is 0 Å². The van der Waals surface area contributed by atoms with Crippen molar-refractivity contribution in [3.05, 3.63) is 100 Å². The number of thioether (sulfide) groups is 1. The van der Waals surface area contributed by atoms with E-state index in [9.17, 15) is 9.59 Å². The molecule has 34 heavy (non-hydrogen) atoms. The van der Waals surface area contributed by atoms with E-state index in [0.29, 0.717) is 27.9 Å². The van der Waals surface area contributed by atoms with Crippen LogP contribution < -0.4 is 10.1 Å². The van der Waals surface area contributed by atoms with E-state index in [1.54, 1.807) is 43.5 Å². The summed E-state index contributed by atoms with van der Waals surface area (Å²) < 4.78 is 7.98. The summed E-state index contributed by atoms with van der Waals surface area (Å²) in [7, 11) is 1.56. The zero-order chi connectivity index (χ0) is 23.9. The van der Waals surface area contributed by atoms with Crippen LogP contribution in [0.4, 0.5) is 0 Å². The molecule has 4 aromatic rings. The molecule has 172 valence electrons. The van der Waals surface area contributed by atoms with Crippen LogP contribution in [0.5, 0.6) is 5.75 Å². The third-order valence-corrected chi connectivity index (χ3v) is 6.41. The van der Waals surface area contributed by atoms with Crippen LogP contribution in [0.1, 0.15) is 26.5 Å². The molecule has 0 spiro atoms. The van der Waals surface area contributed by atoms with Crippen LogP contribution in [-0.2, 0) is 6.54 Å². The minimum absolute atomic E-state index is 0.00355. The lowest BCUT2D eigenvalue weighted by molar-refractivity contribution is 0.0948. The highest BCUT2D eigenvalue weighted by Crippen LogP contribution is 2.24. The molecule has 0 fully saturated rings. The van der Waals surface area contributed by atoms with Crippen molar-refractivity contribution in [3.8, 4) is 11.4 Å². The second kappa shape index (κ2) is 11.1. The molecule has 0 atom stereocenters. The number of ether oxygens (including phenoxy) is 1. The summed E-state index contributed by atoms with van der Waals surface area (Å²) in [6, 6.07) is 23.7. The van der Waals surface area contributed by atoms with E-state index in [4.69, 9.17) is 4.74 Å². The first-order valence-electron chi connectivity index (χ1n) is 10.4. The molecule has 0 bridgehead atoms. The molecule has 1 N–H and O–H groups in total. The molecular weight excluding hydrogens is 516 g/mol. The van der Waals surface area contributed by atoms with Crippen molar-refractivity contribution in [3.63, 3.8) is 0 Å². The second-order valence-electron chi connectivity index (χ2n) is 7.20. The summed E-state index contributed by atoms with van der Waals surface area (Å²) in [6.07, 6.45) is 0. The Bertz CT molecular complexity index is 1290. The smallest absolute Gasteiger partial charge is 0.251 e. The summed E-state index contributed by atoms with van der Waals surface area (Å²) in [5, 5.41) is 12.0. The van der Waals surface area contributed by atoms with Gasteiger partial charge in [0.2, 0.25) is 0 Å². The van der Waals surface area contributed by atoms with Crippen LogP contribution in [0.25, 0.3) is 5.69 Å². The van der Waals surface area contributed by atoms with Crippen LogP contribution >= 0.6 is 27.7 Å². The first-order valence-corrected chi connectivity index (χ1v) is 12.2. The van der Waals surface area contributed by atoms with E-state index in [1.807, 2.05) is 47.0 Å². The second-order valence-corrected chi connectivity index (χ2v) is 9.06.